The van der Waals surface area contributed by atoms with E-state index in [9.17, 15) is 13.2 Å². The minimum Gasteiger partial charge on any atom is -0.492 e. The molecule has 0 unspecified atom stereocenters. The van der Waals surface area contributed by atoms with Gasteiger partial charge in [-0.1, -0.05) is 0 Å². The van der Waals surface area contributed by atoms with Crippen molar-refractivity contribution < 1.29 is 17.9 Å². The first-order valence-corrected chi connectivity index (χ1v) is 9.25. The van der Waals surface area contributed by atoms with Crippen LogP contribution in [-0.2, 0) is 6.18 Å². The van der Waals surface area contributed by atoms with E-state index in [4.69, 9.17) is 4.74 Å². The summed E-state index contributed by atoms with van der Waals surface area (Å²) in [7, 11) is 1.71. The average molecular weight is 408 g/mol. The summed E-state index contributed by atoms with van der Waals surface area (Å²) in [5.74, 6) is 1.88. The summed E-state index contributed by atoms with van der Waals surface area (Å²) in [6.45, 7) is 3.91. The average Bonchev–Trinajstić information content (AvgIpc) is 2.74. The fraction of sp³-hybridized carbons (Fsp3) is 0.421. The maximum atomic E-state index is 12.6. The van der Waals surface area contributed by atoms with Gasteiger partial charge in [0.15, 0.2) is 5.96 Å². The molecule has 1 aliphatic heterocycles. The lowest BCUT2D eigenvalue weighted by Gasteiger charge is -2.36. The lowest BCUT2D eigenvalue weighted by atomic mass is 10.2. The van der Waals surface area contributed by atoms with Crippen molar-refractivity contribution in [2.45, 2.75) is 6.18 Å². The van der Waals surface area contributed by atoms with Crippen molar-refractivity contribution in [1.82, 2.24) is 20.2 Å². The standard InChI is InChI=1S/C19H23F3N6O/c1-23-17(27-10-12-28(13-11-27)18-24-7-2-8-25-18)26-9-14-29-16-5-3-15(4-6-16)19(20,21)22/h2-8H,9-14H2,1H3,(H,23,26). The molecule has 3 rings (SSSR count). The molecule has 1 aromatic carbocycles. The topological polar surface area (TPSA) is 65.9 Å². The second kappa shape index (κ2) is 9.44. The predicted molar refractivity (Wildman–Crippen MR) is 104 cm³/mol. The Hall–Kier alpha value is -3.04. The van der Waals surface area contributed by atoms with E-state index in [1.54, 1.807) is 25.5 Å². The van der Waals surface area contributed by atoms with Crippen LogP contribution in [0.3, 0.4) is 0 Å². The monoisotopic (exact) mass is 408 g/mol. The van der Waals surface area contributed by atoms with Crippen molar-refractivity contribution in [3.8, 4) is 5.75 Å². The van der Waals surface area contributed by atoms with E-state index in [1.807, 2.05) is 0 Å². The summed E-state index contributed by atoms with van der Waals surface area (Å²) in [6, 6.07) is 6.46. The Morgan fingerprint density at radius 3 is 2.34 bits per heavy atom. The molecule has 10 heteroatoms. The molecule has 29 heavy (non-hydrogen) atoms. The number of benzene rings is 1. The number of halogens is 3. The zero-order chi connectivity index (χ0) is 20.7. The zero-order valence-corrected chi connectivity index (χ0v) is 16.1. The van der Waals surface area contributed by atoms with E-state index >= 15 is 0 Å². The van der Waals surface area contributed by atoms with Gasteiger partial charge in [0.1, 0.15) is 12.4 Å². The minimum absolute atomic E-state index is 0.308. The number of hydrogen-bond donors (Lipinski definition) is 1. The Balaban J connectivity index is 1.41. The SMILES string of the molecule is CN=C(NCCOc1ccc(C(F)(F)F)cc1)N1CCN(c2ncccn2)CC1. The van der Waals surface area contributed by atoms with Gasteiger partial charge in [0.2, 0.25) is 5.95 Å². The van der Waals surface area contributed by atoms with Crippen molar-refractivity contribution in [3.63, 3.8) is 0 Å². The van der Waals surface area contributed by atoms with E-state index in [0.717, 1.165) is 50.2 Å². The fourth-order valence-electron chi connectivity index (χ4n) is 2.98. The molecule has 1 aliphatic rings. The summed E-state index contributed by atoms with van der Waals surface area (Å²) < 4.78 is 43.2. The maximum absolute atomic E-state index is 12.6. The van der Waals surface area contributed by atoms with Gasteiger partial charge in [-0.15, -0.1) is 0 Å². The number of alkyl halides is 3. The lowest BCUT2D eigenvalue weighted by molar-refractivity contribution is -0.137. The minimum atomic E-state index is -4.34. The van der Waals surface area contributed by atoms with Crippen LogP contribution in [0.4, 0.5) is 19.1 Å². The summed E-state index contributed by atoms with van der Waals surface area (Å²) in [5.41, 5.74) is -0.691. The molecule has 0 radical (unpaired) electrons. The highest BCUT2D eigenvalue weighted by atomic mass is 19.4. The molecule has 0 aliphatic carbocycles. The number of aromatic nitrogens is 2. The van der Waals surface area contributed by atoms with Crippen LogP contribution in [0.15, 0.2) is 47.7 Å². The number of rotatable bonds is 5. The summed E-state index contributed by atoms with van der Waals surface area (Å²) in [4.78, 5) is 17.1. The highest BCUT2D eigenvalue weighted by molar-refractivity contribution is 5.80. The van der Waals surface area contributed by atoms with Gasteiger partial charge in [0, 0.05) is 45.6 Å². The first kappa shape index (κ1) is 20.7. The second-order valence-corrected chi connectivity index (χ2v) is 6.37. The molecule has 156 valence electrons. The molecule has 0 saturated carbocycles. The second-order valence-electron chi connectivity index (χ2n) is 6.37. The number of piperazine rings is 1. The molecule has 0 bridgehead atoms. The van der Waals surface area contributed by atoms with Gasteiger partial charge in [-0.25, -0.2) is 9.97 Å². The van der Waals surface area contributed by atoms with Crippen LogP contribution in [0.5, 0.6) is 5.75 Å². The molecule has 1 N–H and O–H groups in total. The van der Waals surface area contributed by atoms with Crippen molar-refractivity contribution in [3.05, 3.63) is 48.3 Å². The molecule has 2 heterocycles. The molecule has 1 aromatic heterocycles. The van der Waals surface area contributed by atoms with Crippen molar-refractivity contribution >= 4 is 11.9 Å². The van der Waals surface area contributed by atoms with Crippen LogP contribution in [0.1, 0.15) is 5.56 Å². The van der Waals surface area contributed by atoms with Gasteiger partial charge >= 0.3 is 6.18 Å². The fourth-order valence-corrected chi connectivity index (χ4v) is 2.98. The van der Waals surface area contributed by atoms with E-state index in [1.165, 1.54) is 12.1 Å². The number of nitrogens with zero attached hydrogens (tertiary/aromatic N) is 5. The highest BCUT2D eigenvalue weighted by Crippen LogP contribution is 2.30. The molecular weight excluding hydrogens is 385 g/mol. The Kier molecular flexibility index (Phi) is 6.73. The van der Waals surface area contributed by atoms with Gasteiger partial charge in [0.25, 0.3) is 0 Å². The molecule has 2 aromatic rings. The van der Waals surface area contributed by atoms with Crippen LogP contribution in [-0.4, -0.2) is 67.2 Å². The molecule has 0 spiro atoms. The third-order valence-corrected chi connectivity index (χ3v) is 4.46. The van der Waals surface area contributed by atoms with Crippen LogP contribution in [0, 0.1) is 0 Å². The Labute approximate surface area is 167 Å². The first-order chi connectivity index (χ1) is 14.0. The van der Waals surface area contributed by atoms with Crippen LogP contribution >= 0.6 is 0 Å². The van der Waals surface area contributed by atoms with Crippen molar-refractivity contribution in [2.24, 2.45) is 4.99 Å². The van der Waals surface area contributed by atoms with E-state index in [2.05, 4.69) is 30.1 Å². The molecule has 1 fully saturated rings. The normalized spacial score (nSPS) is 15.4. The summed E-state index contributed by atoms with van der Waals surface area (Å²) in [6.07, 6.45) is -0.888. The van der Waals surface area contributed by atoms with Crippen molar-refractivity contribution in [1.29, 1.82) is 0 Å². The lowest BCUT2D eigenvalue weighted by Crippen LogP contribution is -2.53. The van der Waals surface area contributed by atoms with Crippen LogP contribution in [0.2, 0.25) is 0 Å². The predicted octanol–water partition coefficient (Wildman–Crippen LogP) is 2.27. The number of anilines is 1. The quantitative estimate of drug-likeness (QED) is 0.465. The molecule has 1 saturated heterocycles. The molecular formula is C19H23F3N6O. The highest BCUT2D eigenvalue weighted by Gasteiger charge is 2.30. The van der Waals surface area contributed by atoms with Gasteiger partial charge in [0.05, 0.1) is 12.1 Å². The molecule has 7 nitrogen and oxygen atoms in total. The number of ether oxygens (including phenoxy) is 1. The molecule has 0 amide bonds. The number of hydrogen-bond acceptors (Lipinski definition) is 5. The van der Waals surface area contributed by atoms with Gasteiger partial charge < -0.3 is 19.9 Å². The van der Waals surface area contributed by atoms with E-state index in [0.29, 0.717) is 18.9 Å². The van der Waals surface area contributed by atoms with Gasteiger partial charge in [-0.2, -0.15) is 13.2 Å². The Bertz CT molecular complexity index is 790. The van der Waals surface area contributed by atoms with Crippen LogP contribution in [0.25, 0.3) is 0 Å². The largest absolute Gasteiger partial charge is 0.492 e. The van der Waals surface area contributed by atoms with E-state index in [-0.39, 0.29) is 0 Å². The van der Waals surface area contributed by atoms with Gasteiger partial charge in [-0.05, 0) is 30.3 Å². The zero-order valence-electron chi connectivity index (χ0n) is 16.1. The first-order valence-electron chi connectivity index (χ1n) is 9.25. The third kappa shape index (κ3) is 5.72. The molecule has 0 atom stereocenters. The van der Waals surface area contributed by atoms with Crippen molar-refractivity contribution in [2.75, 3.05) is 51.3 Å². The number of aliphatic imine (C=N–C) groups is 1. The van der Waals surface area contributed by atoms with E-state index < -0.39 is 11.7 Å². The maximum Gasteiger partial charge on any atom is 0.416 e. The Morgan fingerprint density at radius 1 is 1.10 bits per heavy atom. The van der Waals surface area contributed by atoms with Gasteiger partial charge in [-0.3, -0.25) is 4.99 Å². The van der Waals surface area contributed by atoms with Crippen LogP contribution < -0.4 is 15.0 Å². The summed E-state index contributed by atoms with van der Waals surface area (Å²) in [5, 5.41) is 3.22. The Morgan fingerprint density at radius 2 is 1.76 bits per heavy atom. The smallest absolute Gasteiger partial charge is 0.416 e. The summed E-state index contributed by atoms with van der Waals surface area (Å²) >= 11 is 0. The number of nitrogens with one attached hydrogen (secondary N) is 1. The third-order valence-electron chi connectivity index (χ3n) is 4.46. The number of guanidine groups is 1.